The molecule has 0 aliphatic carbocycles. The lowest BCUT2D eigenvalue weighted by atomic mass is 10.1. The second-order valence-corrected chi connectivity index (χ2v) is 7.27. The Balaban J connectivity index is 1.60. The molecule has 1 aliphatic rings. The van der Waals surface area contributed by atoms with Crippen LogP contribution in [0.1, 0.15) is 12.8 Å². The lowest BCUT2D eigenvalue weighted by molar-refractivity contribution is -0.128. The average molecular weight is 383 g/mol. The van der Waals surface area contributed by atoms with Gasteiger partial charge in [0.1, 0.15) is 0 Å². The normalized spacial score (nSPS) is 16.6. The van der Waals surface area contributed by atoms with Crippen LogP contribution in [-0.4, -0.2) is 65.5 Å². The van der Waals surface area contributed by atoms with Crippen LogP contribution in [0.2, 0.25) is 0 Å². The van der Waals surface area contributed by atoms with E-state index >= 15 is 0 Å². The molecule has 2 N–H and O–H groups in total. The Morgan fingerprint density at radius 3 is 2.82 bits per heavy atom. The van der Waals surface area contributed by atoms with Gasteiger partial charge in [-0.2, -0.15) is 5.10 Å². The molecule has 1 aromatic heterocycles. The topological polar surface area (TPSA) is 98.4 Å². The van der Waals surface area contributed by atoms with E-state index in [0.29, 0.717) is 24.5 Å². The molecule has 1 aliphatic heterocycles. The number of hydrogen-bond acceptors (Lipinski definition) is 5. The van der Waals surface area contributed by atoms with Crippen LogP contribution in [0.15, 0.2) is 41.2 Å². The molecule has 1 atom stereocenters. The third-order valence-corrected chi connectivity index (χ3v) is 4.72. The molecule has 1 aromatic carbocycles. The van der Waals surface area contributed by atoms with Crippen molar-refractivity contribution in [1.82, 2.24) is 20.0 Å². The van der Waals surface area contributed by atoms with E-state index in [4.69, 9.17) is 0 Å². The van der Waals surface area contributed by atoms with Crippen LogP contribution in [0.5, 0.6) is 0 Å². The minimum absolute atomic E-state index is 0.0325. The van der Waals surface area contributed by atoms with E-state index in [1.54, 1.807) is 23.1 Å². The summed E-state index contributed by atoms with van der Waals surface area (Å²) in [4.78, 5) is 39.8. The first-order chi connectivity index (χ1) is 13.4. The van der Waals surface area contributed by atoms with Crippen molar-refractivity contribution in [1.29, 1.82) is 0 Å². The number of likely N-dealkylation sites (tertiary alicyclic amines) is 1. The van der Waals surface area contributed by atoms with Crippen molar-refractivity contribution < 1.29 is 9.59 Å². The van der Waals surface area contributed by atoms with Gasteiger partial charge in [0.15, 0.2) is 0 Å². The second-order valence-electron chi connectivity index (χ2n) is 7.27. The number of H-pyrrole nitrogens is 1. The summed E-state index contributed by atoms with van der Waals surface area (Å²) in [5, 5.41) is 9.29. The summed E-state index contributed by atoms with van der Waals surface area (Å²) in [6, 6.07) is 10.3. The first kappa shape index (κ1) is 19.8. The molecule has 8 heteroatoms. The number of amides is 2. The molecule has 0 radical (unpaired) electrons. The third-order valence-electron chi connectivity index (χ3n) is 4.72. The van der Waals surface area contributed by atoms with Gasteiger partial charge in [0.25, 0.3) is 5.56 Å². The van der Waals surface area contributed by atoms with Crippen LogP contribution in [0, 0.1) is 5.92 Å². The monoisotopic (exact) mass is 383 g/mol. The number of aromatic nitrogens is 2. The largest absolute Gasteiger partial charge is 0.342 e. The number of aromatic amines is 1. The summed E-state index contributed by atoms with van der Waals surface area (Å²) in [6.45, 7) is 2.04. The standard InChI is InChI=1S/C20H25N5O3/c1-24(2)9-4-10-25-13-15(12-19(25)27)20(28)21-16-6-3-5-14(11-16)17-7-8-18(26)23-22-17/h3,5-8,11,15H,4,9-10,12-13H2,1-2H3,(H,21,28)(H,23,26). The van der Waals surface area contributed by atoms with Crippen LogP contribution < -0.4 is 10.9 Å². The number of rotatable bonds is 7. The van der Waals surface area contributed by atoms with Gasteiger partial charge in [-0.15, -0.1) is 0 Å². The molecule has 3 rings (SSSR count). The predicted molar refractivity (Wildman–Crippen MR) is 107 cm³/mol. The molecule has 0 bridgehead atoms. The molecular formula is C20H25N5O3. The van der Waals surface area contributed by atoms with Crippen molar-refractivity contribution in [2.75, 3.05) is 39.0 Å². The summed E-state index contributed by atoms with van der Waals surface area (Å²) >= 11 is 0. The predicted octanol–water partition coefficient (Wildman–Crippen LogP) is 1.18. The quantitative estimate of drug-likeness (QED) is 0.748. The molecule has 0 saturated carbocycles. The van der Waals surface area contributed by atoms with E-state index in [9.17, 15) is 14.4 Å². The summed E-state index contributed by atoms with van der Waals surface area (Å²) in [5.74, 6) is -0.471. The number of anilines is 1. The van der Waals surface area contributed by atoms with Gasteiger partial charge >= 0.3 is 0 Å². The molecule has 0 spiro atoms. The zero-order chi connectivity index (χ0) is 20.1. The SMILES string of the molecule is CN(C)CCCN1CC(C(=O)Nc2cccc(-c3ccc(=O)[nH]n3)c2)CC1=O. The number of hydrogen-bond donors (Lipinski definition) is 2. The third kappa shape index (κ3) is 5.04. The Bertz CT molecular complexity index is 888. The van der Waals surface area contributed by atoms with Gasteiger partial charge in [0, 0.05) is 36.8 Å². The zero-order valence-corrected chi connectivity index (χ0v) is 16.1. The molecular weight excluding hydrogens is 358 g/mol. The van der Waals surface area contributed by atoms with E-state index in [1.165, 1.54) is 6.07 Å². The van der Waals surface area contributed by atoms with Gasteiger partial charge in [0.2, 0.25) is 11.8 Å². The van der Waals surface area contributed by atoms with Gasteiger partial charge in [-0.25, -0.2) is 5.10 Å². The molecule has 28 heavy (non-hydrogen) atoms. The summed E-state index contributed by atoms with van der Waals surface area (Å²) in [5.41, 5.74) is 1.75. The van der Waals surface area contributed by atoms with Crippen molar-refractivity contribution >= 4 is 17.5 Å². The number of carbonyl (C=O) groups is 2. The van der Waals surface area contributed by atoms with Gasteiger partial charge in [-0.1, -0.05) is 12.1 Å². The Morgan fingerprint density at radius 2 is 2.11 bits per heavy atom. The van der Waals surface area contributed by atoms with Crippen LogP contribution in [0.3, 0.4) is 0 Å². The summed E-state index contributed by atoms with van der Waals surface area (Å²) in [6.07, 6.45) is 1.14. The van der Waals surface area contributed by atoms with Crippen molar-refractivity contribution in [3.8, 4) is 11.3 Å². The Morgan fingerprint density at radius 1 is 1.29 bits per heavy atom. The number of carbonyl (C=O) groups excluding carboxylic acids is 2. The van der Waals surface area contributed by atoms with E-state index in [0.717, 1.165) is 18.5 Å². The number of nitrogens with zero attached hydrogens (tertiary/aromatic N) is 3. The van der Waals surface area contributed by atoms with Crippen LogP contribution >= 0.6 is 0 Å². The minimum Gasteiger partial charge on any atom is -0.342 e. The highest BCUT2D eigenvalue weighted by Gasteiger charge is 2.33. The second kappa shape index (κ2) is 8.79. The first-order valence-corrected chi connectivity index (χ1v) is 9.32. The average Bonchev–Trinajstić information content (AvgIpc) is 3.03. The summed E-state index contributed by atoms with van der Waals surface area (Å²) in [7, 11) is 4.00. The minimum atomic E-state index is -0.346. The number of benzene rings is 1. The number of nitrogens with one attached hydrogen (secondary N) is 2. The fourth-order valence-electron chi connectivity index (χ4n) is 3.25. The van der Waals surface area contributed by atoms with Gasteiger partial charge < -0.3 is 15.1 Å². The lowest BCUT2D eigenvalue weighted by Crippen LogP contribution is -2.30. The summed E-state index contributed by atoms with van der Waals surface area (Å²) < 4.78 is 0. The van der Waals surface area contributed by atoms with Crippen molar-refractivity contribution in [3.05, 3.63) is 46.8 Å². The lowest BCUT2D eigenvalue weighted by Gasteiger charge is -2.18. The molecule has 1 fully saturated rings. The zero-order valence-electron chi connectivity index (χ0n) is 16.1. The molecule has 1 unspecified atom stereocenters. The Kier molecular flexibility index (Phi) is 6.20. The Labute approximate surface area is 163 Å². The van der Waals surface area contributed by atoms with Crippen LogP contribution in [0.4, 0.5) is 5.69 Å². The molecule has 2 amide bonds. The molecule has 148 valence electrons. The maximum Gasteiger partial charge on any atom is 0.264 e. The maximum atomic E-state index is 12.6. The fraction of sp³-hybridized carbons (Fsp3) is 0.400. The van der Waals surface area contributed by atoms with E-state index in [1.807, 2.05) is 26.2 Å². The molecule has 2 aromatic rings. The van der Waals surface area contributed by atoms with Crippen molar-refractivity contribution in [2.45, 2.75) is 12.8 Å². The van der Waals surface area contributed by atoms with Crippen LogP contribution in [-0.2, 0) is 9.59 Å². The van der Waals surface area contributed by atoms with Gasteiger partial charge in [0.05, 0.1) is 11.6 Å². The van der Waals surface area contributed by atoms with Gasteiger partial charge in [-0.3, -0.25) is 14.4 Å². The highest BCUT2D eigenvalue weighted by Crippen LogP contribution is 2.23. The highest BCUT2D eigenvalue weighted by atomic mass is 16.2. The Hall–Kier alpha value is -3.00. The maximum absolute atomic E-state index is 12.6. The fourth-order valence-corrected chi connectivity index (χ4v) is 3.25. The van der Waals surface area contributed by atoms with Crippen molar-refractivity contribution in [2.24, 2.45) is 5.92 Å². The first-order valence-electron chi connectivity index (χ1n) is 9.32. The van der Waals surface area contributed by atoms with Crippen LogP contribution in [0.25, 0.3) is 11.3 Å². The molecule has 1 saturated heterocycles. The molecule has 2 heterocycles. The van der Waals surface area contributed by atoms with Gasteiger partial charge in [-0.05, 0) is 45.3 Å². The van der Waals surface area contributed by atoms with E-state index in [-0.39, 0.29) is 29.7 Å². The van der Waals surface area contributed by atoms with E-state index in [2.05, 4.69) is 20.4 Å². The highest BCUT2D eigenvalue weighted by molar-refractivity contribution is 5.97. The smallest absolute Gasteiger partial charge is 0.264 e. The van der Waals surface area contributed by atoms with Crippen molar-refractivity contribution in [3.63, 3.8) is 0 Å². The van der Waals surface area contributed by atoms with E-state index < -0.39 is 0 Å². The molecule has 8 nitrogen and oxygen atoms in total.